The molecule has 0 saturated carbocycles. The summed E-state index contributed by atoms with van der Waals surface area (Å²) in [5.41, 5.74) is 4.99. The lowest BCUT2D eigenvalue weighted by atomic mass is 10.1. The topological polar surface area (TPSA) is 270 Å². The summed E-state index contributed by atoms with van der Waals surface area (Å²) in [6.45, 7) is -9.68. The Kier molecular flexibility index (Phi) is 10.3. The summed E-state index contributed by atoms with van der Waals surface area (Å²) in [6, 6.07) is 1.07. The number of ether oxygens (including phenoxy) is 4. The van der Waals surface area contributed by atoms with Crippen LogP contribution in [-0.2, 0) is 56.1 Å². The number of aliphatic hydroxyl groups excluding tert-OH is 1. The molecule has 45 heavy (non-hydrogen) atoms. The number of aromatic amines is 1. The van der Waals surface area contributed by atoms with Crippen LogP contribution >= 0.6 is 13.4 Å². The van der Waals surface area contributed by atoms with Crippen molar-refractivity contribution in [3.05, 3.63) is 45.8 Å². The van der Waals surface area contributed by atoms with Gasteiger partial charge in [-0.05, 0) is 23.6 Å². The Hall–Kier alpha value is -2.11. The van der Waals surface area contributed by atoms with Gasteiger partial charge in [-0.2, -0.15) is 0 Å². The molecule has 9 atom stereocenters. The predicted molar refractivity (Wildman–Crippen MR) is 158 cm³/mol. The fourth-order valence-electron chi connectivity index (χ4n) is 5.10. The summed E-state index contributed by atoms with van der Waals surface area (Å²) < 4.78 is 42.0. The van der Waals surface area contributed by atoms with Gasteiger partial charge in [0, 0.05) is 26.5 Å². The first-order chi connectivity index (χ1) is 21.3. The smallest absolute Gasteiger partial charge is 0.330 e. The summed E-state index contributed by atoms with van der Waals surface area (Å²) in [4.78, 5) is 69.3. The Labute approximate surface area is 263 Å². The van der Waals surface area contributed by atoms with Crippen LogP contribution in [0.5, 0.6) is 0 Å². The van der Waals surface area contributed by atoms with Crippen molar-refractivity contribution >= 4 is 54.0 Å². The second kappa shape index (κ2) is 13.6. The van der Waals surface area contributed by atoms with Gasteiger partial charge in [-0.15, -0.1) is 0 Å². The second-order valence-electron chi connectivity index (χ2n) is 9.71. The number of H-pyrrole nitrogens is 1. The van der Waals surface area contributed by atoms with E-state index in [1.165, 1.54) is 31.4 Å². The van der Waals surface area contributed by atoms with Crippen LogP contribution in [0.1, 0.15) is 12.5 Å². The van der Waals surface area contributed by atoms with E-state index in [-0.39, 0.29) is 5.82 Å². The predicted octanol–water partition coefficient (Wildman–Crippen LogP) is -2.01. The van der Waals surface area contributed by atoms with Crippen LogP contribution in [-0.4, -0.2) is 113 Å². The number of nitrogens with one attached hydrogen (secondary N) is 1. The number of nitrogens with zero attached hydrogens (tertiary/aromatic N) is 5. The number of nitrogen functional groups attached to an aromatic ring is 1. The van der Waals surface area contributed by atoms with E-state index >= 15 is 0 Å². The van der Waals surface area contributed by atoms with E-state index in [2.05, 4.69) is 31.7 Å². The number of hydrogen-bond donors (Lipinski definition) is 6. The van der Waals surface area contributed by atoms with Crippen molar-refractivity contribution in [3.8, 4) is 0 Å². The van der Waals surface area contributed by atoms with E-state index in [9.17, 15) is 29.4 Å². The Morgan fingerprint density at radius 3 is 2.24 bits per heavy atom. The Morgan fingerprint density at radius 2 is 1.62 bits per heavy atom. The molecule has 248 valence electrons. The van der Waals surface area contributed by atoms with Gasteiger partial charge >= 0.3 is 19.1 Å². The van der Waals surface area contributed by atoms with E-state index in [1.54, 1.807) is 0 Å². The standard InChI is InChI=1S/C21H29N7O13P2S2/c1-35-15-13(9(5-29)38-20(15)28-8-25-12-17(22)23-7-24-18(12)28)41-43(34,45)37-6-10-14(40-42(32,33)44)16(36-2)19(39-10)27-4-3-11(30)26-21(27)31/h3-4,7-10,13-16,19-20,29H,5-6H2,1-2H3,(H,34,45)(H2,22,23,24)(H,26,30,31)(H2,32,33,44)/t9-,10-,13?,14?,15?,16?,19-,20-,43?/m1/s1. The summed E-state index contributed by atoms with van der Waals surface area (Å²) in [7, 11) is 2.60. The molecule has 0 amide bonds. The molecule has 24 heteroatoms. The SMILES string of the molecule is COC1C(OP(O)(O)=S)[C@@H](COP(O)(=S)OC2C(OC)[C@H](n3cnc4c(N)ncnc43)O[C@@H]2CO)O[C@H]1n1ccc(=O)[nH]c1=O. The number of hydrogen-bond acceptors (Lipinski definition) is 16. The third kappa shape index (κ3) is 7.25. The maximum atomic E-state index is 12.5. The zero-order valence-corrected chi connectivity index (χ0v) is 26.8. The van der Waals surface area contributed by atoms with Gasteiger partial charge in [-0.3, -0.25) is 28.0 Å². The molecule has 7 N–H and O–H groups in total. The molecule has 2 aliphatic rings. The van der Waals surface area contributed by atoms with Crippen molar-refractivity contribution in [2.24, 2.45) is 0 Å². The zero-order chi connectivity index (χ0) is 32.7. The summed E-state index contributed by atoms with van der Waals surface area (Å²) in [5.74, 6) is 0.133. The third-order valence-electron chi connectivity index (χ3n) is 7.00. The molecular weight excluding hydrogens is 684 g/mol. The van der Waals surface area contributed by atoms with Crippen LogP contribution < -0.4 is 17.0 Å². The normalized spacial score (nSPS) is 30.2. The zero-order valence-electron chi connectivity index (χ0n) is 23.3. The Morgan fingerprint density at radius 1 is 0.978 bits per heavy atom. The lowest BCUT2D eigenvalue weighted by Crippen LogP contribution is -2.40. The molecule has 3 aromatic heterocycles. The molecule has 0 spiro atoms. The van der Waals surface area contributed by atoms with Crippen molar-refractivity contribution in [1.29, 1.82) is 0 Å². The lowest BCUT2D eigenvalue weighted by molar-refractivity contribution is -0.0635. The lowest BCUT2D eigenvalue weighted by Gasteiger charge is -2.28. The molecule has 0 aliphatic carbocycles. The molecule has 3 aromatic rings. The minimum atomic E-state index is -4.33. The molecule has 0 aromatic carbocycles. The van der Waals surface area contributed by atoms with E-state index in [4.69, 9.17) is 50.1 Å². The first-order valence-corrected chi connectivity index (χ1v) is 18.1. The van der Waals surface area contributed by atoms with Crippen molar-refractivity contribution in [2.75, 3.05) is 33.2 Å². The van der Waals surface area contributed by atoms with Crippen LogP contribution in [0.4, 0.5) is 5.82 Å². The molecule has 2 fully saturated rings. The van der Waals surface area contributed by atoms with Gasteiger partial charge in [0.2, 0.25) is 0 Å². The monoisotopic (exact) mass is 713 g/mol. The molecule has 5 heterocycles. The second-order valence-corrected chi connectivity index (χ2v) is 15.1. The van der Waals surface area contributed by atoms with Gasteiger partial charge in [0.05, 0.1) is 19.5 Å². The number of anilines is 1. The minimum Gasteiger partial charge on any atom is -0.394 e. The van der Waals surface area contributed by atoms with Crippen molar-refractivity contribution in [2.45, 2.75) is 49.1 Å². The highest BCUT2D eigenvalue weighted by Gasteiger charge is 2.51. The number of methoxy groups -OCH3 is 2. The Bertz CT molecular complexity index is 1740. The molecule has 0 radical (unpaired) electrons. The van der Waals surface area contributed by atoms with E-state index in [0.29, 0.717) is 11.2 Å². The molecule has 2 aliphatic heterocycles. The largest absolute Gasteiger partial charge is 0.394 e. The molecule has 5 rings (SSSR count). The molecule has 5 unspecified atom stereocenters. The average molecular weight is 714 g/mol. The summed E-state index contributed by atoms with van der Waals surface area (Å²) in [6.07, 6.45) is -5.44. The van der Waals surface area contributed by atoms with Crippen LogP contribution in [0, 0.1) is 0 Å². The number of aliphatic hydroxyl groups is 1. The summed E-state index contributed by atoms with van der Waals surface area (Å²) in [5, 5.41) is 10.1. The summed E-state index contributed by atoms with van der Waals surface area (Å²) >= 11 is 9.88. The number of imidazole rings is 1. The van der Waals surface area contributed by atoms with Gasteiger partial charge in [-0.25, -0.2) is 19.7 Å². The first-order valence-electron chi connectivity index (χ1n) is 12.9. The van der Waals surface area contributed by atoms with Crippen LogP contribution in [0.25, 0.3) is 11.2 Å². The first kappa shape index (κ1) is 34.2. The van der Waals surface area contributed by atoms with Crippen LogP contribution in [0.3, 0.4) is 0 Å². The van der Waals surface area contributed by atoms with E-state index in [0.717, 1.165) is 16.8 Å². The van der Waals surface area contributed by atoms with Gasteiger partial charge in [-0.1, -0.05) is 0 Å². The van der Waals surface area contributed by atoms with Crippen LogP contribution in [0.15, 0.2) is 34.5 Å². The highest BCUT2D eigenvalue weighted by atomic mass is 32.5. The van der Waals surface area contributed by atoms with Crippen LogP contribution in [0.2, 0.25) is 0 Å². The molecular formula is C21H29N7O13P2S2. The molecule has 0 bridgehead atoms. The molecule has 20 nitrogen and oxygen atoms in total. The van der Waals surface area contributed by atoms with Crippen molar-refractivity contribution in [3.63, 3.8) is 0 Å². The Balaban J connectivity index is 1.35. The van der Waals surface area contributed by atoms with Gasteiger partial charge in [0.25, 0.3) is 5.56 Å². The third-order valence-corrected chi connectivity index (χ3v) is 9.33. The van der Waals surface area contributed by atoms with Gasteiger partial charge in [0.15, 0.2) is 23.9 Å². The number of aromatic nitrogens is 6. The highest BCUT2D eigenvalue weighted by molar-refractivity contribution is 8.07. The average Bonchev–Trinajstić information content (AvgIpc) is 3.64. The fraction of sp³-hybridized carbons (Fsp3) is 0.571. The maximum Gasteiger partial charge on any atom is 0.330 e. The quantitative estimate of drug-likeness (QED) is 0.111. The van der Waals surface area contributed by atoms with Crippen molar-refractivity contribution in [1.82, 2.24) is 29.1 Å². The van der Waals surface area contributed by atoms with E-state index < -0.39 is 87.0 Å². The maximum absolute atomic E-state index is 12.5. The fourth-order valence-corrected chi connectivity index (χ4v) is 7.41. The highest BCUT2D eigenvalue weighted by Crippen LogP contribution is 2.51. The number of fused-ring (bicyclic) bond motifs is 1. The number of rotatable bonds is 12. The van der Waals surface area contributed by atoms with E-state index in [1.807, 2.05) is 0 Å². The van der Waals surface area contributed by atoms with Gasteiger partial charge < -0.3 is 49.0 Å². The van der Waals surface area contributed by atoms with Gasteiger partial charge in [0.1, 0.15) is 48.5 Å². The van der Waals surface area contributed by atoms with Crippen molar-refractivity contribution < 1.29 is 52.3 Å². The number of nitrogens with two attached hydrogens (primary N) is 1. The minimum absolute atomic E-state index is 0.133. The molecule has 2 saturated heterocycles.